The van der Waals surface area contributed by atoms with Crippen LogP contribution in [0.3, 0.4) is 0 Å². The van der Waals surface area contributed by atoms with Crippen molar-refractivity contribution in [3.63, 3.8) is 0 Å². The maximum Gasteiger partial charge on any atom is 0.307 e. The van der Waals surface area contributed by atoms with E-state index in [0.29, 0.717) is 0 Å². The number of hydrogen-bond acceptors (Lipinski definition) is 5. The number of esters is 1. The summed E-state index contributed by atoms with van der Waals surface area (Å²) in [5.41, 5.74) is 1.86. The van der Waals surface area contributed by atoms with Gasteiger partial charge < -0.3 is 9.64 Å². The largest absolute Gasteiger partial charge is 0.456 e. The quantitative estimate of drug-likeness (QED) is 0.545. The molecule has 0 spiro atoms. The van der Waals surface area contributed by atoms with Crippen LogP contribution < -0.4 is 4.90 Å². The fraction of sp³-hybridized carbons (Fsp3) is 0.300. The highest BCUT2D eigenvalue weighted by atomic mass is 32.2. The van der Waals surface area contributed by atoms with Crippen LogP contribution in [0.4, 0.5) is 10.1 Å². The molecule has 0 fully saturated rings. The Hall–Kier alpha value is -2.74. The fourth-order valence-corrected chi connectivity index (χ4v) is 4.43. The second-order valence-corrected chi connectivity index (χ2v) is 8.74. The molecule has 2 aromatic rings. The van der Waals surface area contributed by atoms with E-state index in [1.54, 1.807) is 4.90 Å². The first-order valence-corrected chi connectivity index (χ1v) is 10.5. The fourth-order valence-electron chi connectivity index (χ4n) is 3.21. The molecule has 1 heterocycles. The number of halogens is 1. The van der Waals surface area contributed by atoms with Gasteiger partial charge >= 0.3 is 5.97 Å². The van der Waals surface area contributed by atoms with Crippen LogP contribution in [-0.2, 0) is 30.6 Å². The van der Waals surface area contributed by atoms with Gasteiger partial charge in [-0.05, 0) is 49.2 Å². The van der Waals surface area contributed by atoms with Gasteiger partial charge in [0, 0.05) is 11.7 Å². The molecule has 0 radical (unpaired) electrons. The van der Waals surface area contributed by atoms with E-state index in [4.69, 9.17) is 4.74 Å². The Balaban J connectivity index is 1.53. The number of hydrogen-bond donors (Lipinski definition) is 0. The molecule has 3 rings (SSSR count). The summed E-state index contributed by atoms with van der Waals surface area (Å²) in [5, 5.41) is 0. The zero-order chi connectivity index (χ0) is 20.3. The molecule has 0 N–H and O–H groups in total. The van der Waals surface area contributed by atoms with Gasteiger partial charge in [-0.15, -0.1) is 0 Å². The summed E-state index contributed by atoms with van der Waals surface area (Å²) < 4.78 is 42.2. The van der Waals surface area contributed by atoms with Crippen molar-refractivity contribution in [3.8, 4) is 0 Å². The lowest BCUT2D eigenvalue weighted by molar-refractivity contribution is -0.147. The minimum atomic E-state index is -3.74. The Morgan fingerprint density at radius 1 is 1.14 bits per heavy atom. The predicted molar refractivity (Wildman–Crippen MR) is 101 cm³/mol. The zero-order valence-corrected chi connectivity index (χ0v) is 16.1. The third-order valence-electron chi connectivity index (χ3n) is 4.58. The van der Waals surface area contributed by atoms with Crippen molar-refractivity contribution in [2.45, 2.75) is 30.7 Å². The Morgan fingerprint density at radius 2 is 1.82 bits per heavy atom. The molecule has 6 nitrogen and oxygen atoms in total. The number of benzene rings is 2. The second-order valence-electron chi connectivity index (χ2n) is 6.63. The number of carbonyl (C=O) groups excluding carboxylic acids is 2. The predicted octanol–water partition coefficient (Wildman–Crippen LogP) is 2.51. The monoisotopic (exact) mass is 405 g/mol. The summed E-state index contributed by atoms with van der Waals surface area (Å²) in [6, 6.07) is 11.9. The number of carbonyl (C=O) groups is 2. The minimum Gasteiger partial charge on any atom is -0.456 e. The van der Waals surface area contributed by atoms with E-state index in [9.17, 15) is 22.4 Å². The van der Waals surface area contributed by atoms with E-state index in [-0.39, 0.29) is 23.3 Å². The van der Waals surface area contributed by atoms with E-state index < -0.39 is 34.0 Å². The van der Waals surface area contributed by atoms with Crippen LogP contribution in [-0.4, -0.2) is 38.7 Å². The van der Waals surface area contributed by atoms with E-state index in [1.165, 1.54) is 0 Å². The summed E-state index contributed by atoms with van der Waals surface area (Å²) in [5.74, 6) is -2.16. The van der Waals surface area contributed by atoms with E-state index in [2.05, 4.69) is 0 Å². The van der Waals surface area contributed by atoms with E-state index in [0.717, 1.165) is 41.9 Å². The van der Waals surface area contributed by atoms with Gasteiger partial charge in [-0.3, -0.25) is 9.59 Å². The van der Waals surface area contributed by atoms with Crippen LogP contribution in [0.2, 0.25) is 0 Å². The molecule has 0 aromatic heterocycles. The molecule has 8 heteroatoms. The van der Waals surface area contributed by atoms with Crippen molar-refractivity contribution in [1.29, 1.82) is 0 Å². The Bertz CT molecular complexity index is 988. The normalized spacial score (nSPS) is 15.9. The van der Waals surface area contributed by atoms with Crippen LogP contribution >= 0.6 is 0 Å². The molecule has 1 aliphatic heterocycles. The molecule has 28 heavy (non-hydrogen) atoms. The maximum atomic E-state index is 12.9. The van der Waals surface area contributed by atoms with Crippen molar-refractivity contribution < 1.29 is 27.1 Å². The molecule has 1 amide bonds. The number of rotatable bonds is 6. The Morgan fingerprint density at radius 3 is 2.54 bits per heavy atom. The molecule has 148 valence electrons. The third kappa shape index (κ3) is 4.39. The summed E-state index contributed by atoms with van der Waals surface area (Å²) in [6.07, 6.45) is 0.338. The third-order valence-corrected chi connectivity index (χ3v) is 6.31. The zero-order valence-electron chi connectivity index (χ0n) is 15.3. The van der Waals surface area contributed by atoms with E-state index in [1.807, 2.05) is 31.2 Å². The molecule has 2 aromatic carbocycles. The Labute approximate surface area is 162 Å². The summed E-state index contributed by atoms with van der Waals surface area (Å²) in [6.45, 7) is 1.46. The Kier molecular flexibility index (Phi) is 5.79. The number of sulfone groups is 1. The number of nitrogens with zero attached hydrogens (tertiary/aromatic N) is 1. The highest BCUT2D eigenvalue weighted by Gasteiger charge is 2.31. The molecular weight excluding hydrogens is 385 g/mol. The summed E-state index contributed by atoms with van der Waals surface area (Å²) >= 11 is 0. The molecule has 0 saturated carbocycles. The number of fused-ring (bicyclic) bond motifs is 1. The van der Waals surface area contributed by atoms with Gasteiger partial charge in [-0.25, -0.2) is 12.8 Å². The van der Waals surface area contributed by atoms with Gasteiger partial charge in [0.05, 0.1) is 17.1 Å². The van der Waals surface area contributed by atoms with Crippen LogP contribution in [0.15, 0.2) is 53.4 Å². The van der Waals surface area contributed by atoms with Crippen LogP contribution in [0.5, 0.6) is 0 Å². The van der Waals surface area contributed by atoms with Crippen LogP contribution in [0.25, 0.3) is 0 Å². The summed E-state index contributed by atoms with van der Waals surface area (Å²) in [4.78, 5) is 25.9. The van der Waals surface area contributed by atoms with Gasteiger partial charge in [0.25, 0.3) is 5.91 Å². The highest BCUT2D eigenvalue weighted by molar-refractivity contribution is 7.91. The van der Waals surface area contributed by atoms with Crippen molar-refractivity contribution in [1.82, 2.24) is 0 Å². The van der Waals surface area contributed by atoms with Gasteiger partial charge in [0.1, 0.15) is 5.82 Å². The highest BCUT2D eigenvalue weighted by Crippen LogP contribution is 2.31. The second kappa shape index (κ2) is 8.10. The van der Waals surface area contributed by atoms with Crippen molar-refractivity contribution in [3.05, 3.63) is 59.9 Å². The number of para-hydroxylation sites is 1. The van der Waals surface area contributed by atoms with Crippen LogP contribution in [0, 0.1) is 5.82 Å². The minimum absolute atomic E-state index is 0.0394. The molecule has 0 saturated heterocycles. The first-order valence-electron chi connectivity index (χ1n) is 8.82. The molecule has 0 bridgehead atoms. The number of amides is 1. The first kappa shape index (κ1) is 20.0. The number of anilines is 1. The molecule has 0 aliphatic carbocycles. The average molecular weight is 405 g/mol. The molecular formula is C20H20FNO5S. The van der Waals surface area contributed by atoms with Gasteiger partial charge in [0.2, 0.25) is 0 Å². The van der Waals surface area contributed by atoms with Crippen LogP contribution in [0.1, 0.15) is 18.9 Å². The van der Waals surface area contributed by atoms with Gasteiger partial charge in [0.15, 0.2) is 16.4 Å². The first-order chi connectivity index (χ1) is 13.3. The van der Waals surface area contributed by atoms with Crippen molar-refractivity contribution >= 4 is 27.4 Å². The summed E-state index contributed by atoms with van der Waals surface area (Å²) in [7, 11) is -3.74. The smallest absolute Gasteiger partial charge is 0.307 e. The van der Waals surface area contributed by atoms with Crippen molar-refractivity contribution in [2.24, 2.45) is 0 Å². The lowest BCUT2D eigenvalue weighted by Crippen LogP contribution is -2.38. The molecule has 1 atom stereocenters. The molecule has 1 aliphatic rings. The lowest BCUT2D eigenvalue weighted by Gasteiger charge is -2.22. The maximum absolute atomic E-state index is 12.9. The number of ether oxygens (including phenoxy) is 1. The van der Waals surface area contributed by atoms with E-state index >= 15 is 0 Å². The SMILES string of the molecule is C[C@@H]1Cc2ccccc2N1C(=O)COC(=O)CCS(=O)(=O)c1ccc(F)cc1. The topological polar surface area (TPSA) is 80.8 Å². The molecule has 0 unspecified atom stereocenters. The van der Waals surface area contributed by atoms with Gasteiger partial charge in [-0.2, -0.15) is 0 Å². The lowest BCUT2D eigenvalue weighted by atomic mass is 10.1. The standard InChI is InChI=1S/C20H20FNO5S/c1-14-12-15-4-2-3-5-18(15)22(14)19(23)13-27-20(24)10-11-28(25,26)17-8-6-16(21)7-9-17/h2-9,14H,10-13H2,1H3/t14-/m1/s1. The van der Waals surface area contributed by atoms with Crippen molar-refractivity contribution in [2.75, 3.05) is 17.3 Å². The average Bonchev–Trinajstić information content (AvgIpc) is 3.00. The van der Waals surface area contributed by atoms with Gasteiger partial charge in [-0.1, -0.05) is 18.2 Å².